The number of hydrogen-bond acceptors (Lipinski definition) is 2. The molecule has 0 aromatic rings. The quantitative estimate of drug-likeness (QED) is 0.665. The first kappa shape index (κ1) is 13.0. The van der Waals surface area contributed by atoms with Crippen LogP contribution in [0.3, 0.4) is 0 Å². The molecule has 2 nitrogen and oxygen atoms in total. The van der Waals surface area contributed by atoms with E-state index < -0.39 is 0 Å². The fourth-order valence-electron chi connectivity index (χ4n) is 2.74. The van der Waals surface area contributed by atoms with Gasteiger partial charge in [0.15, 0.2) is 0 Å². The predicted molar refractivity (Wildman–Crippen MR) is 64.9 cm³/mol. The van der Waals surface area contributed by atoms with E-state index in [0.29, 0.717) is 12.6 Å². The molecule has 0 aliphatic heterocycles. The van der Waals surface area contributed by atoms with E-state index in [1.165, 1.54) is 32.1 Å². The second-order valence-electron chi connectivity index (χ2n) is 5.39. The van der Waals surface area contributed by atoms with Gasteiger partial charge in [-0.25, -0.2) is 0 Å². The Morgan fingerprint density at radius 3 is 2.80 bits per heavy atom. The molecule has 2 N–H and O–H groups in total. The number of aliphatic hydroxyl groups is 1. The van der Waals surface area contributed by atoms with Crippen molar-refractivity contribution in [1.82, 2.24) is 5.32 Å². The second-order valence-corrected chi connectivity index (χ2v) is 5.39. The van der Waals surface area contributed by atoms with Crippen LogP contribution in [0.1, 0.15) is 52.4 Å². The van der Waals surface area contributed by atoms with Crippen molar-refractivity contribution in [2.75, 3.05) is 13.2 Å². The standard InChI is InChI=1S/C13H27NO/c1-11(2)9-12-5-3-6-13(10-12)14-7-4-8-15/h11-15H,3-10H2,1-2H3. The maximum Gasteiger partial charge on any atom is 0.0443 e. The Balaban J connectivity index is 2.17. The lowest BCUT2D eigenvalue weighted by Crippen LogP contribution is -2.35. The van der Waals surface area contributed by atoms with E-state index in [4.69, 9.17) is 5.11 Å². The number of aliphatic hydroxyl groups excluding tert-OH is 1. The fourth-order valence-corrected chi connectivity index (χ4v) is 2.74. The Kier molecular flexibility index (Phi) is 6.26. The number of nitrogens with one attached hydrogen (secondary N) is 1. The lowest BCUT2D eigenvalue weighted by Gasteiger charge is -2.30. The van der Waals surface area contributed by atoms with Gasteiger partial charge in [-0.3, -0.25) is 0 Å². The van der Waals surface area contributed by atoms with Gasteiger partial charge in [-0.15, -0.1) is 0 Å². The van der Waals surface area contributed by atoms with Crippen molar-refractivity contribution >= 4 is 0 Å². The summed E-state index contributed by atoms with van der Waals surface area (Å²) < 4.78 is 0. The highest BCUT2D eigenvalue weighted by Gasteiger charge is 2.21. The van der Waals surface area contributed by atoms with Gasteiger partial charge in [-0.1, -0.05) is 26.7 Å². The summed E-state index contributed by atoms with van der Waals surface area (Å²) in [5.74, 6) is 1.77. The summed E-state index contributed by atoms with van der Waals surface area (Å²) in [7, 11) is 0. The van der Waals surface area contributed by atoms with Crippen LogP contribution in [0.15, 0.2) is 0 Å². The van der Waals surface area contributed by atoms with Crippen molar-refractivity contribution in [1.29, 1.82) is 0 Å². The Morgan fingerprint density at radius 1 is 1.33 bits per heavy atom. The maximum atomic E-state index is 8.73. The van der Waals surface area contributed by atoms with Gasteiger partial charge in [0.05, 0.1) is 0 Å². The van der Waals surface area contributed by atoms with Gasteiger partial charge in [-0.05, 0) is 44.1 Å². The molecule has 90 valence electrons. The molecule has 1 aliphatic rings. The third kappa shape index (κ3) is 5.53. The molecule has 1 rings (SSSR count). The molecule has 0 spiro atoms. The van der Waals surface area contributed by atoms with Gasteiger partial charge in [0.1, 0.15) is 0 Å². The molecule has 1 fully saturated rings. The highest BCUT2D eigenvalue weighted by molar-refractivity contribution is 4.78. The summed E-state index contributed by atoms with van der Waals surface area (Å²) in [5, 5.41) is 12.3. The average Bonchev–Trinajstić information content (AvgIpc) is 2.18. The number of hydrogen-bond donors (Lipinski definition) is 2. The Hall–Kier alpha value is -0.0800. The third-order valence-corrected chi connectivity index (χ3v) is 3.36. The highest BCUT2D eigenvalue weighted by atomic mass is 16.3. The molecular formula is C13H27NO. The van der Waals surface area contributed by atoms with Gasteiger partial charge in [-0.2, -0.15) is 0 Å². The zero-order valence-corrected chi connectivity index (χ0v) is 10.3. The topological polar surface area (TPSA) is 32.3 Å². The van der Waals surface area contributed by atoms with Gasteiger partial charge in [0, 0.05) is 12.6 Å². The molecule has 2 atom stereocenters. The monoisotopic (exact) mass is 213 g/mol. The third-order valence-electron chi connectivity index (χ3n) is 3.36. The summed E-state index contributed by atoms with van der Waals surface area (Å²) in [6, 6.07) is 0.717. The summed E-state index contributed by atoms with van der Waals surface area (Å²) in [6.07, 6.45) is 7.78. The van der Waals surface area contributed by atoms with E-state index in [1.54, 1.807) is 0 Å². The van der Waals surface area contributed by atoms with Crippen molar-refractivity contribution in [3.8, 4) is 0 Å². The smallest absolute Gasteiger partial charge is 0.0443 e. The van der Waals surface area contributed by atoms with E-state index in [2.05, 4.69) is 19.2 Å². The van der Waals surface area contributed by atoms with Crippen molar-refractivity contribution in [3.63, 3.8) is 0 Å². The van der Waals surface area contributed by atoms with Crippen LogP contribution in [0.5, 0.6) is 0 Å². The Bertz CT molecular complexity index is 159. The molecule has 1 saturated carbocycles. The first-order valence-electron chi connectivity index (χ1n) is 6.56. The minimum atomic E-state index is 0.315. The second kappa shape index (κ2) is 7.24. The van der Waals surface area contributed by atoms with Crippen molar-refractivity contribution in [2.24, 2.45) is 11.8 Å². The van der Waals surface area contributed by atoms with Crippen LogP contribution in [0, 0.1) is 11.8 Å². The van der Waals surface area contributed by atoms with Crippen LogP contribution in [0.4, 0.5) is 0 Å². The van der Waals surface area contributed by atoms with Crippen LogP contribution >= 0.6 is 0 Å². The molecule has 0 saturated heterocycles. The van der Waals surface area contributed by atoms with E-state index in [-0.39, 0.29) is 0 Å². The lowest BCUT2D eigenvalue weighted by atomic mass is 9.81. The first-order valence-corrected chi connectivity index (χ1v) is 6.56. The molecule has 2 heteroatoms. The van der Waals surface area contributed by atoms with Crippen LogP contribution in [0.25, 0.3) is 0 Å². The number of rotatable bonds is 6. The zero-order valence-electron chi connectivity index (χ0n) is 10.3. The predicted octanol–water partition coefficient (Wildman–Crippen LogP) is 2.56. The van der Waals surface area contributed by atoms with E-state index in [1.807, 2.05) is 0 Å². The van der Waals surface area contributed by atoms with Crippen LogP contribution in [-0.2, 0) is 0 Å². The largest absolute Gasteiger partial charge is 0.396 e. The van der Waals surface area contributed by atoms with Gasteiger partial charge < -0.3 is 10.4 Å². The van der Waals surface area contributed by atoms with Gasteiger partial charge in [0.2, 0.25) is 0 Å². The van der Waals surface area contributed by atoms with Crippen molar-refractivity contribution in [3.05, 3.63) is 0 Å². The summed E-state index contributed by atoms with van der Waals surface area (Å²) in [5.41, 5.74) is 0. The Labute approximate surface area is 94.5 Å². The molecule has 0 aromatic heterocycles. The molecule has 1 aliphatic carbocycles. The fraction of sp³-hybridized carbons (Fsp3) is 1.00. The summed E-state index contributed by atoms with van der Waals surface area (Å²) in [4.78, 5) is 0. The van der Waals surface area contributed by atoms with E-state index in [0.717, 1.165) is 24.8 Å². The normalized spacial score (nSPS) is 27.2. The van der Waals surface area contributed by atoms with Crippen molar-refractivity contribution < 1.29 is 5.11 Å². The molecule has 2 unspecified atom stereocenters. The summed E-state index contributed by atoms with van der Waals surface area (Å²) in [6.45, 7) is 5.94. The molecular weight excluding hydrogens is 186 g/mol. The van der Waals surface area contributed by atoms with Crippen LogP contribution < -0.4 is 5.32 Å². The Morgan fingerprint density at radius 2 is 2.13 bits per heavy atom. The maximum absolute atomic E-state index is 8.73. The van der Waals surface area contributed by atoms with E-state index >= 15 is 0 Å². The average molecular weight is 213 g/mol. The molecule has 0 radical (unpaired) electrons. The first-order chi connectivity index (χ1) is 7.22. The van der Waals surface area contributed by atoms with Gasteiger partial charge >= 0.3 is 0 Å². The molecule has 0 bridgehead atoms. The van der Waals surface area contributed by atoms with E-state index in [9.17, 15) is 0 Å². The molecule has 0 heterocycles. The SMILES string of the molecule is CC(C)CC1CCCC(NCCCO)C1. The molecule has 0 aromatic carbocycles. The minimum Gasteiger partial charge on any atom is -0.396 e. The summed E-state index contributed by atoms with van der Waals surface area (Å²) >= 11 is 0. The minimum absolute atomic E-state index is 0.315. The zero-order chi connectivity index (χ0) is 11.1. The lowest BCUT2D eigenvalue weighted by molar-refractivity contribution is 0.242. The van der Waals surface area contributed by atoms with Crippen molar-refractivity contribution in [2.45, 2.75) is 58.4 Å². The van der Waals surface area contributed by atoms with Crippen LogP contribution in [-0.4, -0.2) is 24.3 Å². The van der Waals surface area contributed by atoms with Gasteiger partial charge in [0.25, 0.3) is 0 Å². The molecule has 15 heavy (non-hydrogen) atoms. The highest BCUT2D eigenvalue weighted by Crippen LogP contribution is 2.29. The van der Waals surface area contributed by atoms with Crippen LogP contribution in [0.2, 0.25) is 0 Å². The molecule has 0 amide bonds.